The Morgan fingerprint density at radius 1 is 1.45 bits per heavy atom. The van der Waals surface area contributed by atoms with Gasteiger partial charge in [0.1, 0.15) is 0 Å². The van der Waals surface area contributed by atoms with Gasteiger partial charge in [0.2, 0.25) is 0 Å². The molecule has 1 saturated heterocycles. The first-order valence-electron chi connectivity index (χ1n) is 3.62. The number of aliphatic carboxylic acids is 1. The van der Waals surface area contributed by atoms with Crippen molar-refractivity contribution in [2.45, 2.75) is 12.8 Å². The second kappa shape index (κ2) is 6.43. The monoisotopic (exact) mass is 179 g/mol. The third kappa shape index (κ3) is 4.22. The highest BCUT2D eigenvalue weighted by atomic mass is 35.5. The fraction of sp³-hybridized carbons (Fsp3) is 0.857. The quantitative estimate of drug-likeness (QED) is 0.589. The molecule has 1 heterocycles. The minimum atomic E-state index is -0.642. The molecule has 0 aromatic carbocycles. The number of halogens is 1. The Bertz CT molecular complexity index is 113. The molecule has 0 aliphatic carbocycles. The maximum absolute atomic E-state index is 10.3. The van der Waals surface area contributed by atoms with Gasteiger partial charge in [-0.25, -0.2) is 0 Å². The van der Waals surface area contributed by atoms with Crippen molar-refractivity contribution < 1.29 is 9.90 Å². The van der Waals surface area contributed by atoms with Crippen molar-refractivity contribution in [1.29, 1.82) is 0 Å². The molecule has 0 saturated carbocycles. The van der Waals surface area contributed by atoms with Crippen LogP contribution in [-0.2, 0) is 4.79 Å². The normalized spacial score (nSPS) is 18.4. The number of alkyl halides is 1. The molecule has 1 aliphatic heterocycles. The Morgan fingerprint density at radius 3 is 2.18 bits per heavy atom. The zero-order chi connectivity index (χ0) is 8.69. The van der Waals surface area contributed by atoms with Gasteiger partial charge in [0, 0.05) is 6.38 Å². The molecule has 0 amide bonds. The van der Waals surface area contributed by atoms with Crippen molar-refractivity contribution in [3.63, 3.8) is 0 Å². The average Bonchev–Trinajstić information content (AvgIpc) is 2.10. The largest absolute Gasteiger partial charge is 0.481 e. The molecule has 0 unspecified atom stereocenters. The first-order chi connectivity index (χ1) is 5.30. The van der Waals surface area contributed by atoms with E-state index in [9.17, 15) is 4.79 Å². The number of carboxylic acids is 1. The van der Waals surface area contributed by atoms with Crippen LogP contribution in [0.15, 0.2) is 0 Å². The molecule has 0 spiro atoms. The fourth-order valence-corrected chi connectivity index (χ4v) is 1.07. The number of hydrogen-bond acceptors (Lipinski definition) is 2. The van der Waals surface area contributed by atoms with Gasteiger partial charge < -0.3 is 10.4 Å². The lowest BCUT2D eigenvalue weighted by Gasteiger charge is -2.17. The molecule has 0 radical (unpaired) electrons. The second-order valence-corrected chi connectivity index (χ2v) is 2.36. The molecule has 4 heteroatoms. The van der Waals surface area contributed by atoms with Gasteiger partial charge in [-0.2, -0.15) is 0 Å². The van der Waals surface area contributed by atoms with Crippen LogP contribution >= 0.6 is 11.6 Å². The summed E-state index contributed by atoms with van der Waals surface area (Å²) in [6, 6.07) is 0. The van der Waals surface area contributed by atoms with E-state index in [0.29, 0.717) is 0 Å². The Kier molecular flexibility index (Phi) is 6.27. The first kappa shape index (κ1) is 10.7. The van der Waals surface area contributed by atoms with Gasteiger partial charge in [-0.1, -0.05) is 0 Å². The molecule has 66 valence electrons. The zero-order valence-corrected chi connectivity index (χ0v) is 7.40. The van der Waals surface area contributed by atoms with E-state index in [4.69, 9.17) is 5.11 Å². The average molecular weight is 180 g/mol. The van der Waals surface area contributed by atoms with Crippen molar-refractivity contribution in [3.05, 3.63) is 0 Å². The predicted molar refractivity (Wildman–Crippen MR) is 45.0 cm³/mol. The van der Waals surface area contributed by atoms with E-state index >= 15 is 0 Å². The molecule has 0 atom stereocenters. The molecule has 0 bridgehead atoms. The van der Waals surface area contributed by atoms with Crippen LogP contribution in [0.1, 0.15) is 12.8 Å². The molecule has 1 rings (SSSR count). The number of piperidine rings is 1. The minimum absolute atomic E-state index is 0.0914. The molecule has 0 aromatic rings. The number of carboxylic acid groups (broad SMARTS) is 1. The maximum Gasteiger partial charge on any atom is 0.306 e. The van der Waals surface area contributed by atoms with Gasteiger partial charge >= 0.3 is 5.97 Å². The Morgan fingerprint density at radius 2 is 1.91 bits per heavy atom. The molecular weight excluding hydrogens is 166 g/mol. The van der Waals surface area contributed by atoms with E-state index < -0.39 is 5.97 Å². The summed E-state index contributed by atoms with van der Waals surface area (Å²) >= 11 is 4.64. The molecule has 1 aliphatic rings. The summed E-state index contributed by atoms with van der Waals surface area (Å²) in [5, 5.41) is 11.6. The first-order valence-corrected chi connectivity index (χ1v) is 4.37. The van der Waals surface area contributed by atoms with E-state index in [-0.39, 0.29) is 5.92 Å². The summed E-state index contributed by atoms with van der Waals surface area (Å²) in [4.78, 5) is 10.3. The summed E-state index contributed by atoms with van der Waals surface area (Å²) < 4.78 is 0. The van der Waals surface area contributed by atoms with Crippen molar-refractivity contribution in [2.24, 2.45) is 5.92 Å². The van der Waals surface area contributed by atoms with Crippen LogP contribution in [0, 0.1) is 5.92 Å². The molecule has 0 aromatic heterocycles. The highest BCUT2D eigenvalue weighted by molar-refractivity contribution is 6.15. The summed E-state index contributed by atoms with van der Waals surface area (Å²) in [7, 11) is 0. The fourth-order valence-electron chi connectivity index (χ4n) is 1.07. The van der Waals surface area contributed by atoms with Crippen molar-refractivity contribution >= 4 is 17.6 Å². The topological polar surface area (TPSA) is 49.3 Å². The van der Waals surface area contributed by atoms with E-state index in [1.54, 1.807) is 0 Å². The van der Waals surface area contributed by atoms with E-state index in [0.717, 1.165) is 25.9 Å². The number of rotatable bonds is 1. The second-order valence-electron chi connectivity index (χ2n) is 2.36. The van der Waals surface area contributed by atoms with Crippen LogP contribution in [0.25, 0.3) is 0 Å². The van der Waals surface area contributed by atoms with Crippen LogP contribution in [0.2, 0.25) is 0 Å². The third-order valence-electron chi connectivity index (χ3n) is 1.69. The lowest BCUT2D eigenvalue weighted by Crippen LogP contribution is -2.31. The highest BCUT2D eigenvalue weighted by Crippen LogP contribution is 2.10. The van der Waals surface area contributed by atoms with Crippen molar-refractivity contribution in [1.82, 2.24) is 5.32 Å². The lowest BCUT2D eigenvalue weighted by molar-refractivity contribution is -0.142. The Balaban J connectivity index is 0.000000461. The SMILES string of the molecule is CCl.O=C(O)C1CCNCC1. The summed E-state index contributed by atoms with van der Waals surface area (Å²) in [6.45, 7) is 1.72. The van der Waals surface area contributed by atoms with Gasteiger partial charge in [-0.3, -0.25) is 4.79 Å². The zero-order valence-electron chi connectivity index (χ0n) is 6.64. The highest BCUT2D eigenvalue weighted by Gasteiger charge is 2.18. The summed E-state index contributed by atoms with van der Waals surface area (Å²) in [5.74, 6) is -0.734. The van der Waals surface area contributed by atoms with E-state index in [1.165, 1.54) is 6.38 Å². The van der Waals surface area contributed by atoms with Gasteiger partial charge in [0.05, 0.1) is 5.92 Å². The van der Waals surface area contributed by atoms with Gasteiger partial charge in [-0.15, -0.1) is 11.6 Å². The number of carbonyl (C=O) groups is 1. The van der Waals surface area contributed by atoms with Crippen LogP contribution in [-0.4, -0.2) is 30.5 Å². The third-order valence-corrected chi connectivity index (χ3v) is 1.69. The molecule has 3 nitrogen and oxygen atoms in total. The Labute approximate surface area is 71.7 Å². The van der Waals surface area contributed by atoms with E-state index in [2.05, 4.69) is 16.9 Å². The van der Waals surface area contributed by atoms with Crippen LogP contribution in [0.3, 0.4) is 0 Å². The summed E-state index contributed by atoms with van der Waals surface area (Å²) in [6.07, 6.45) is 3.05. The smallest absolute Gasteiger partial charge is 0.306 e. The maximum atomic E-state index is 10.3. The molecule has 2 N–H and O–H groups in total. The van der Waals surface area contributed by atoms with Crippen LogP contribution in [0.4, 0.5) is 0 Å². The molecule has 11 heavy (non-hydrogen) atoms. The van der Waals surface area contributed by atoms with Gasteiger partial charge in [-0.05, 0) is 25.9 Å². The van der Waals surface area contributed by atoms with Crippen molar-refractivity contribution in [2.75, 3.05) is 19.5 Å². The number of hydrogen-bond donors (Lipinski definition) is 2. The van der Waals surface area contributed by atoms with Gasteiger partial charge in [0.15, 0.2) is 0 Å². The predicted octanol–water partition coefficient (Wildman–Crippen LogP) is 0.926. The summed E-state index contributed by atoms with van der Waals surface area (Å²) in [5.41, 5.74) is 0. The number of nitrogens with one attached hydrogen (secondary N) is 1. The standard InChI is InChI=1S/C6H11NO2.CH3Cl/c8-6(9)5-1-3-7-4-2-5;1-2/h5,7H,1-4H2,(H,8,9);1H3. The Hall–Kier alpha value is -0.280. The minimum Gasteiger partial charge on any atom is -0.481 e. The van der Waals surface area contributed by atoms with Crippen LogP contribution < -0.4 is 5.32 Å². The molecule has 1 fully saturated rings. The van der Waals surface area contributed by atoms with Crippen LogP contribution in [0.5, 0.6) is 0 Å². The molecular formula is C7H14ClNO2. The van der Waals surface area contributed by atoms with Gasteiger partial charge in [0.25, 0.3) is 0 Å². The van der Waals surface area contributed by atoms with Crippen molar-refractivity contribution in [3.8, 4) is 0 Å². The van der Waals surface area contributed by atoms with E-state index in [1.807, 2.05) is 0 Å². The lowest BCUT2D eigenvalue weighted by atomic mass is 9.99.